The third-order valence-corrected chi connectivity index (χ3v) is 8.51. The molecule has 1 aromatic carbocycles. The summed E-state index contributed by atoms with van der Waals surface area (Å²) in [5.41, 5.74) is 2.16. The molecule has 1 unspecified atom stereocenters. The number of rotatable bonds is 3. The number of thiophene rings is 1. The molecular formula is C18H19NOS3. The van der Waals surface area contributed by atoms with E-state index in [2.05, 4.69) is 34.5 Å². The van der Waals surface area contributed by atoms with Gasteiger partial charge in [-0.2, -0.15) is 0 Å². The molecule has 5 heteroatoms. The Morgan fingerprint density at radius 2 is 1.87 bits per heavy atom. The summed E-state index contributed by atoms with van der Waals surface area (Å²) in [7, 11) is 0. The van der Waals surface area contributed by atoms with Gasteiger partial charge in [-0.1, -0.05) is 18.2 Å². The molecule has 0 N–H and O–H groups in total. The summed E-state index contributed by atoms with van der Waals surface area (Å²) in [5.74, 6) is 2.64. The van der Waals surface area contributed by atoms with Gasteiger partial charge in [-0.3, -0.25) is 4.79 Å². The molecule has 2 aliphatic rings. The predicted molar refractivity (Wildman–Crippen MR) is 101 cm³/mol. The average Bonchev–Trinajstić information content (AvgIpc) is 3.35. The van der Waals surface area contributed by atoms with Crippen LogP contribution < -0.4 is 0 Å². The predicted octanol–water partition coefficient (Wildman–Crippen LogP) is 5.20. The Morgan fingerprint density at radius 1 is 1.09 bits per heavy atom. The Balaban J connectivity index is 1.51. The van der Waals surface area contributed by atoms with Gasteiger partial charge in [0.05, 0.1) is 10.6 Å². The Labute approximate surface area is 149 Å². The van der Waals surface area contributed by atoms with Crippen molar-refractivity contribution in [2.45, 2.75) is 23.5 Å². The fourth-order valence-electron chi connectivity index (χ4n) is 3.29. The van der Waals surface area contributed by atoms with Gasteiger partial charge < -0.3 is 4.90 Å². The van der Waals surface area contributed by atoms with E-state index in [4.69, 9.17) is 0 Å². The molecule has 0 aliphatic carbocycles. The van der Waals surface area contributed by atoms with Crippen molar-refractivity contribution in [2.75, 3.05) is 18.1 Å². The van der Waals surface area contributed by atoms with E-state index in [-0.39, 0.29) is 11.9 Å². The van der Waals surface area contributed by atoms with Crippen LogP contribution in [0.25, 0.3) is 0 Å². The van der Waals surface area contributed by atoms with Crippen LogP contribution >= 0.6 is 34.9 Å². The molecule has 2 fully saturated rings. The lowest BCUT2D eigenvalue weighted by Gasteiger charge is -2.24. The molecule has 120 valence electrons. The molecule has 2 aliphatic heterocycles. The van der Waals surface area contributed by atoms with Gasteiger partial charge in [0.25, 0.3) is 5.91 Å². The third-order valence-electron chi connectivity index (χ3n) is 4.44. The highest BCUT2D eigenvalue weighted by molar-refractivity contribution is 8.19. The SMILES string of the molecule is O=C(c1ccc(C2SCCS2)cc1)N1CCCC1c1cccs1. The topological polar surface area (TPSA) is 20.3 Å². The lowest BCUT2D eigenvalue weighted by atomic mass is 10.1. The van der Waals surface area contributed by atoms with Gasteiger partial charge in [0, 0.05) is 28.5 Å². The maximum absolute atomic E-state index is 12.9. The summed E-state index contributed by atoms with van der Waals surface area (Å²) in [4.78, 5) is 16.3. The van der Waals surface area contributed by atoms with Gasteiger partial charge >= 0.3 is 0 Å². The Morgan fingerprint density at radius 3 is 2.57 bits per heavy atom. The van der Waals surface area contributed by atoms with Crippen LogP contribution in [0.15, 0.2) is 41.8 Å². The largest absolute Gasteiger partial charge is 0.331 e. The van der Waals surface area contributed by atoms with Gasteiger partial charge in [-0.25, -0.2) is 0 Å². The van der Waals surface area contributed by atoms with Crippen molar-refractivity contribution in [3.05, 3.63) is 57.8 Å². The maximum Gasteiger partial charge on any atom is 0.254 e. The molecule has 0 saturated carbocycles. The Hall–Kier alpha value is -0.910. The maximum atomic E-state index is 12.9. The Bertz CT molecular complexity index is 662. The molecule has 2 nitrogen and oxygen atoms in total. The molecule has 23 heavy (non-hydrogen) atoms. The monoisotopic (exact) mass is 361 g/mol. The summed E-state index contributed by atoms with van der Waals surface area (Å²) < 4.78 is 0.546. The quantitative estimate of drug-likeness (QED) is 0.749. The number of hydrogen-bond donors (Lipinski definition) is 0. The summed E-state index contributed by atoms with van der Waals surface area (Å²) in [6.45, 7) is 0.873. The second kappa shape index (κ2) is 6.91. The molecule has 0 spiro atoms. The molecular weight excluding hydrogens is 342 g/mol. The molecule has 4 rings (SSSR count). The van der Waals surface area contributed by atoms with Crippen LogP contribution in [-0.4, -0.2) is 28.9 Å². The molecule has 1 atom stereocenters. The minimum absolute atomic E-state index is 0.180. The zero-order valence-electron chi connectivity index (χ0n) is 12.8. The number of hydrogen-bond acceptors (Lipinski definition) is 4. The zero-order chi connectivity index (χ0) is 15.6. The van der Waals surface area contributed by atoms with Crippen molar-refractivity contribution in [2.24, 2.45) is 0 Å². The van der Waals surface area contributed by atoms with Gasteiger partial charge in [0.15, 0.2) is 0 Å². The van der Waals surface area contributed by atoms with Crippen LogP contribution in [0.1, 0.15) is 44.3 Å². The van der Waals surface area contributed by atoms with E-state index in [1.54, 1.807) is 11.3 Å². The standard InChI is InChI=1S/C18H19NOS3/c20-17(19-9-1-3-15(19)16-4-2-10-21-16)13-5-7-14(8-6-13)18-22-11-12-23-18/h2,4-8,10,15,18H,1,3,9,11-12H2. The van der Waals surface area contributed by atoms with Gasteiger partial charge in [0.1, 0.15) is 0 Å². The van der Waals surface area contributed by atoms with Crippen LogP contribution in [0.5, 0.6) is 0 Å². The number of carbonyl (C=O) groups excluding carboxylic acids is 1. The number of benzene rings is 1. The average molecular weight is 362 g/mol. The molecule has 3 heterocycles. The first-order chi connectivity index (χ1) is 11.3. The fraction of sp³-hybridized carbons (Fsp3) is 0.389. The van der Waals surface area contributed by atoms with E-state index in [9.17, 15) is 4.79 Å². The van der Waals surface area contributed by atoms with Gasteiger partial charge in [0.2, 0.25) is 0 Å². The van der Waals surface area contributed by atoms with E-state index in [0.717, 1.165) is 24.9 Å². The molecule has 1 amide bonds. The molecule has 0 bridgehead atoms. The van der Waals surface area contributed by atoms with Crippen LogP contribution in [0.3, 0.4) is 0 Å². The second-order valence-electron chi connectivity index (χ2n) is 5.87. The number of carbonyl (C=O) groups is 1. The van der Waals surface area contributed by atoms with Crippen molar-refractivity contribution >= 4 is 40.8 Å². The summed E-state index contributed by atoms with van der Waals surface area (Å²) in [6, 6.07) is 12.8. The third kappa shape index (κ3) is 3.19. The first-order valence-corrected chi connectivity index (χ1v) is 11.0. The highest BCUT2D eigenvalue weighted by Crippen LogP contribution is 2.45. The van der Waals surface area contributed by atoms with Gasteiger partial charge in [-0.15, -0.1) is 34.9 Å². The lowest BCUT2D eigenvalue weighted by molar-refractivity contribution is 0.0738. The number of amides is 1. The smallest absolute Gasteiger partial charge is 0.254 e. The highest BCUT2D eigenvalue weighted by atomic mass is 32.2. The van der Waals surface area contributed by atoms with E-state index in [1.807, 2.05) is 35.7 Å². The minimum atomic E-state index is 0.180. The van der Waals surface area contributed by atoms with E-state index in [1.165, 1.54) is 21.9 Å². The lowest BCUT2D eigenvalue weighted by Crippen LogP contribution is -2.30. The van der Waals surface area contributed by atoms with Gasteiger partial charge in [-0.05, 0) is 42.0 Å². The highest BCUT2D eigenvalue weighted by Gasteiger charge is 2.31. The van der Waals surface area contributed by atoms with E-state index >= 15 is 0 Å². The van der Waals surface area contributed by atoms with Crippen LogP contribution in [-0.2, 0) is 0 Å². The van der Waals surface area contributed by atoms with Crippen molar-refractivity contribution in [1.29, 1.82) is 0 Å². The van der Waals surface area contributed by atoms with Crippen LogP contribution in [0.4, 0.5) is 0 Å². The molecule has 2 aromatic rings. The number of thioether (sulfide) groups is 2. The summed E-state index contributed by atoms with van der Waals surface area (Å²) in [5, 5.41) is 2.10. The number of likely N-dealkylation sites (tertiary alicyclic amines) is 1. The van der Waals surface area contributed by atoms with Crippen LogP contribution in [0.2, 0.25) is 0 Å². The van der Waals surface area contributed by atoms with Crippen molar-refractivity contribution < 1.29 is 4.79 Å². The Kier molecular flexibility index (Phi) is 4.69. The first kappa shape index (κ1) is 15.6. The van der Waals surface area contributed by atoms with Crippen molar-refractivity contribution in [1.82, 2.24) is 4.90 Å². The fourth-order valence-corrected chi connectivity index (χ4v) is 7.02. The molecule has 1 aromatic heterocycles. The molecule has 0 radical (unpaired) electrons. The van der Waals surface area contributed by atoms with E-state index < -0.39 is 0 Å². The van der Waals surface area contributed by atoms with Crippen LogP contribution in [0, 0.1) is 0 Å². The summed E-state index contributed by atoms with van der Waals surface area (Å²) >= 11 is 5.76. The second-order valence-corrected chi connectivity index (χ2v) is 9.57. The van der Waals surface area contributed by atoms with E-state index in [0.29, 0.717) is 4.58 Å². The minimum Gasteiger partial charge on any atom is -0.331 e. The van der Waals surface area contributed by atoms with Crippen molar-refractivity contribution in [3.63, 3.8) is 0 Å². The first-order valence-electron chi connectivity index (χ1n) is 8.00. The summed E-state index contributed by atoms with van der Waals surface area (Å²) in [6.07, 6.45) is 2.18. The number of nitrogens with zero attached hydrogens (tertiary/aromatic N) is 1. The zero-order valence-corrected chi connectivity index (χ0v) is 15.3. The molecule has 2 saturated heterocycles. The normalized spacial score (nSPS) is 21.9. The van der Waals surface area contributed by atoms with Crippen molar-refractivity contribution in [3.8, 4) is 0 Å².